The smallest absolute Gasteiger partial charge is 0.161 e. The summed E-state index contributed by atoms with van der Waals surface area (Å²) in [6.07, 6.45) is 3.17. The fourth-order valence-electron chi connectivity index (χ4n) is 1.60. The zero-order valence-electron chi connectivity index (χ0n) is 11.5. The van der Waals surface area contributed by atoms with E-state index in [4.69, 9.17) is 9.47 Å². The van der Waals surface area contributed by atoms with Gasteiger partial charge in [0.2, 0.25) is 0 Å². The molecule has 0 saturated carbocycles. The molecule has 0 radical (unpaired) electrons. The summed E-state index contributed by atoms with van der Waals surface area (Å²) in [5.74, 6) is 2.77. The third-order valence-electron chi connectivity index (χ3n) is 2.56. The van der Waals surface area contributed by atoms with Crippen molar-refractivity contribution >= 4 is 11.8 Å². The molecule has 0 aliphatic rings. The second-order valence-electron chi connectivity index (χ2n) is 3.96. The monoisotopic (exact) mass is 269 g/mol. The predicted octanol–water partition coefficient (Wildman–Crippen LogP) is 2.94. The Balaban J connectivity index is 2.60. The van der Waals surface area contributed by atoms with Crippen molar-refractivity contribution < 1.29 is 9.47 Å². The first-order chi connectivity index (χ1) is 8.81. The van der Waals surface area contributed by atoms with Crippen LogP contribution in [-0.2, 0) is 6.54 Å². The lowest BCUT2D eigenvalue weighted by molar-refractivity contribution is 0.295. The van der Waals surface area contributed by atoms with E-state index in [9.17, 15) is 0 Å². The summed E-state index contributed by atoms with van der Waals surface area (Å²) in [5.41, 5.74) is 1.22. The van der Waals surface area contributed by atoms with Gasteiger partial charge in [-0.3, -0.25) is 0 Å². The zero-order chi connectivity index (χ0) is 13.2. The Morgan fingerprint density at radius 3 is 2.78 bits per heavy atom. The van der Waals surface area contributed by atoms with Crippen molar-refractivity contribution in [3.05, 3.63) is 23.8 Å². The van der Waals surface area contributed by atoms with Crippen LogP contribution in [0.15, 0.2) is 18.2 Å². The van der Waals surface area contributed by atoms with Gasteiger partial charge in [-0.25, -0.2) is 0 Å². The second-order valence-corrected chi connectivity index (χ2v) is 4.95. The minimum atomic E-state index is 0.738. The van der Waals surface area contributed by atoms with Crippen LogP contribution in [0.5, 0.6) is 11.5 Å². The first-order valence-corrected chi connectivity index (χ1v) is 7.70. The molecule has 0 bridgehead atoms. The number of hydrogen-bond donors (Lipinski definition) is 1. The summed E-state index contributed by atoms with van der Waals surface area (Å²) in [4.78, 5) is 0. The number of benzene rings is 1. The van der Waals surface area contributed by atoms with Gasteiger partial charge in [-0.1, -0.05) is 13.0 Å². The van der Waals surface area contributed by atoms with Crippen LogP contribution in [0.3, 0.4) is 0 Å². The van der Waals surface area contributed by atoms with Crippen molar-refractivity contribution in [3.63, 3.8) is 0 Å². The Morgan fingerprint density at radius 1 is 1.28 bits per heavy atom. The Bertz CT molecular complexity index is 345. The van der Waals surface area contributed by atoms with Crippen LogP contribution in [0.4, 0.5) is 0 Å². The minimum Gasteiger partial charge on any atom is -0.493 e. The first-order valence-electron chi connectivity index (χ1n) is 6.31. The predicted molar refractivity (Wildman–Crippen MR) is 78.9 cm³/mol. The molecule has 0 aliphatic carbocycles. The highest BCUT2D eigenvalue weighted by molar-refractivity contribution is 7.98. The minimum absolute atomic E-state index is 0.738. The standard InChI is InChI=1S/C14H23NO2S/c1-4-15-11-12-6-7-13(16-2)14(10-12)17-8-5-9-18-3/h6-7,10,15H,4-5,8-9,11H2,1-3H3. The van der Waals surface area contributed by atoms with Crippen molar-refractivity contribution in [2.75, 3.05) is 32.3 Å². The topological polar surface area (TPSA) is 30.5 Å². The zero-order valence-corrected chi connectivity index (χ0v) is 12.3. The molecule has 102 valence electrons. The molecule has 0 saturated heterocycles. The highest BCUT2D eigenvalue weighted by atomic mass is 32.2. The molecule has 3 nitrogen and oxygen atoms in total. The number of methoxy groups -OCH3 is 1. The van der Waals surface area contributed by atoms with Crippen molar-refractivity contribution in [3.8, 4) is 11.5 Å². The summed E-state index contributed by atoms with van der Waals surface area (Å²) in [6.45, 7) is 4.67. The van der Waals surface area contributed by atoms with E-state index in [-0.39, 0.29) is 0 Å². The molecular formula is C14H23NO2S. The molecule has 4 heteroatoms. The fourth-order valence-corrected chi connectivity index (χ4v) is 2.01. The van der Waals surface area contributed by atoms with Gasteiger partial charge in [-0.15, -0.1) is 0 Å². The van der Waals surface area contributed by atoms with E-state index in [1.54, 1.807) is 7.11 Å². The second kappa shape index (κ2) is 9.11. The number of nitrogens with one attached hydrogen (secondary N) is 1. The fraction of sp³-hybridized carbons (Fsp3) is 0.571. The van der Waals surface area contributed by atoms with Crippen LogP contribution in [0.1, 0.15) is 18.9 Å². The van der Waals surface area contributed by atoms with Gasteiger partial charge >= 0.3 is 0 Å². The Labute approximate surface area is 114 Å². The summed E-state index contributed by atoms with van der Waals surface area (Å²) >= 11 is 1.84. The van der Waals surface area contributed by atoms with E-state index >= 15 is 0 Å². The SMILES string of the molecule is CCNCc1ccc(OC)c(OCCCSC)c1. The van der Waals surface area contributed by atoms with E-state index in [0.29, 0.717) is 0 Å². The van der Waals surface area contributed by atoms with Gasteiger partial charge in [-0.2, -0.15) is 11.8 Å². The number of ether oxygens (including phenoxy) is 2. The lowest BCUT2D eigenvalue weighted by atomic mass is 10.2. The maximum atomic E-state index is 5.78. The Kier molecular flexibility index (Phi) is 7.69. The molecule has 0 spiro atoms. The molecule has 0 aliphatic heterocycles. The van der Waals surface area contributed by atoms with Gasteiger partial charge in [0.25, 0.3) is 0 Å². The Hall–Kier alpha value is -0.870. The normalized spacial score (nSPS) is 10.4. The average Bonchev–Trinajstić information content (AvgIpc) is 2.41. The molecule has 1 aromatic carbocycles. The lowest BCUT2D eigenvalue weighted by Gasteiger charge is -2.12. The summed E-state index contributed by atoms with van der Waals surface area (Å²) in [6, 6.07) is 6.09. The Morgan fingerprint density at radius 2 is 2.11 bits per heavy atom. The largest absolute Gasteiger partial charge is 0.493 e. The van der Waals surface area contributed by atoms with Crippen LogP contribution in [0.25, 0.3) is 0 Å². The van der Waals surface area contributed by atoms with Crippen LogP contribution < -0.4 is 14.8 Å². The van der Waals surface area contributed by atoms with E-state index in [2.05, 4.69) is 30.6 Å². The average molecular weight is 269 g/mol. The molecule has 0 heterocycles. The maximum absolute atomic E-state index is 5.78. The molecule has 0 amide bonds. The number of thioether (sulfide) groups is 1. The van der Waals surface area contributed by atoms with Crippen molar-refractivity contribution in [1.82, 2.24) is 5.32 Å². The van der Waals surface area contributed by atoms with Gasteiger partial charge in [-0.05, 0) is 42.7 Å². The van der Waals surface area contributed by atoms with E-state index in [1.807, 2.05) is 17.8 Å². The van der Waals surface area contributed by atoms with Gasteiger partial charge in [0.05, 0.1) is 13.7 Å². The van der Waals surface area contributed by atoms with E-state index in [0.717, 1.165) is 43.4 Å². The van der Waals surface area contributed by atoms with Crippen LogP contribution in [0, 0.1) is 0 Å². The molecule has 1 N–H and O–H groups in total. The molecule has 0 unspecified atom stereocenters. The van der Waals surface area contributed by atoms with E-state index < -0.39 is 0 Å². The molecule has 18 heavy (non-hydrogen) atoms. The molecular weight excluding hydrogens is 246 g/mol. The van der Waals surface area contributed by atoms with Crippen molar-refractivity contribution in [1.29, 1.82) is 0 Å². The highest BCUT2D eigenvalue weighted by Crippen LogP contribution is 2.28. The summed E-state index contributed by atoms with van der Waals surface area (Å²) in [5, 5.41) is 3.31. The van der Waals surface area contributed by atoms with Gasteiger partial charge in [0, 0.05) is 6.54 Å². The van der Waals surface area contributed by atoms with Crippen LogP contribution in [0.2, 0.25) is 0 Å². The number of hydrogen-bond acceptors (Lipinski definition) is 4. The third-order valence-corrected chi connectivity index (χ3v) is 3.25. The first kappa shape index (κ1) is 15.2. The summed E-state index contributed by atoms with van der Waals surface area (Å²) in [7, 11) is 1.67. The summed E-state index contributed by atoms with van der Waals surface area (Å²) < 4.78 is 11.1. The van der Waals surface area contributed by atoms with Gasteiger partial charge in [0.1, 0.15) is 0 Å². The van der Waals surface area contributed by atoms with Gasteiger partial charge in [0.15, 0.2) is 11.5 Å². The number of rotatable bonds is 9. The molecule has 0 fully saturated rings. The van der Waals surface area contributed by atoms with Gasteiger partial charge < -0.3 is 14.8 Å². The lowest BCUT2D eigenvalue weighted by Crippen LogP contribution is -2.12. The van der Waals surface area contributed by atoms with Crippen molar-refractivity contribution in [2.45, 2.75) is 19.9 Å². The third kappa shape index (κ3) is 5.19. The van der Waals surface area contributed by atoms with Crippen molar-refractivity contribution in [2.24, 2.45) is 0 Å². The maximum Gasteiger partial charge on any atom is 0.161 e. The quantitative estimate of drug-likeness (QED) is 0.698. The van der Waals surface area contributed by atoms with E-state index in [1.165, 1.54) is 5.56 Å². The molecule has 1 aromatic rings. The molecule has 0 aromatic heterocycles. The molecule has 0 atom stereocenters. The van der Waals surface area contributed by atoms with Crippen LogP contribution >= 0.6 is 11.8 Å². The van der Waals surface area contributed by atoms with Crippen LogP contribution in [-0.4, -0.2) is 32.3 Å². The highest BCUT2D eigenvalue weighted by Gasteiger charge is 2.05. The molecule has 1 rings (SSSR count).